The van der Waals surface area contributed by atoms with Crippen LogP contribution in [0, 0.1) is 11.3 Å². The third-order valence-electron chi connectivity index (χ3n) is 3.73. The molecule has 1 aromatic rings. The van der Waals surface area contributed by atoms with Crippen molar-refractivity contribution in [3.8, 4) is 6.07 Å². The number of anilines is 1. The van der Waals surface area contributed by atoms with Crippen molar-refractivity contribution in [1.82, 2.24) is 5.32 Å². The molecule has 1 heterocycles. The Balaban J connectivity index is 2.14. The quantitative estimate of drug-likeness (QED) is 0.884. The Bertz CT molecular complexity index is 637. The maximum absolute atomic E-state index is 12.7. The Kier molecular flexibility index (Phi) is 4.80. The van der Waals surface area contributed by atoms with Gasteiger partial charge in [0.05, 0.1) is 22.9 Å². The summed E-state index contributed by atoms with van der Waals surface area (Å²) in [6.07, 6.45) is -3.84. The van der Waals surface area contributed by atoms with E-state index in [-0.39, 0.29) is 17.5 Å². The Morgan fingerprint density at radius 2 is 2.22 bits per heavy atom. The summed E-state index contributed by atoms with van der Waals surface area (Å²) < 4.78 is 38.1. The lowest BCUT2D eigenvalue weighted by molar-refractivity contribution is -0.137. The molecule has 23 heavy (non-hydrogen) atoms. The maximum Gasteiger partial charge on any atom is 0.416 e. The number of nitrogens with one attached hydrogen (secondary N) is 1. The van der Waals surface area contributed by atoms with E-state index in [0.29, 0.717) is 25.2 Å². The number of halogens is 3. The number of alkyl halides is 3. The first-order valence-electron chi connectivity index (χ1n) is 7.14. The number of carbonyl (C=O) groups excluding carboxylic acids is 1. The van der Waals surface area contributed by atoms with Gasteiger partial charge in [-0.05, 0) is 31.5 Å². The lowest BCUT2D eigenvalue weighted by atomic mass is 10.1. The van der Waals surface area contributed by atoms with Crippen molar-refractivity contribution in [3.63, 3.8) is 0 Å². The number of hydrogen-bond donors (Lipinski definition) is 2. The fraction of sp³-hybridized carbons (Fsp3) is 0.467. The molecule has 2 atom stereocenters. The molecule has 0 saturated carbocycles. The van der Waals surface area contributed by atoms with Crippen LogP contribution in [0.3, 0.4) is 0 Å². The van der Waals surface area contributed by atoms with E-state index in [1.807, 2.05) is 6.07 Å². The molecule has 2 unspecified atom stereocenters. The predicted molar refractivity (Wildman–Crippen MR) is 78.6 cm³/mol. The van der Waals surface area contributed by atoms with Crippen LogP contribution in [0.5, 0.6) is 0 Å². The van der Waals surface area contributed by atoms with Crippen molar-refractivity contribution >= 4 is 11.6 Å². The normalized spacial score (nSPS) is 19.3. The summed E-state index contributed by atoms with van der Waals surface area (Å²) in [5.74, 6) is -0.273. The molecule has 1 fully saturated rings. The first-order valence-corrected chi connectivity index (χ1v) is 7.14. The molecule has 0 bridgehead atoms. The molecule has 0 radical (unpaired) electrons. The molecule has 0 spiro atoms. The van der Waals surface area contributed by atoms with Gasteiger partial charge in [0.15, 0.2) is 0 Å². The number of benzene rings is 1. The van der Waals surface area contributed by atoms with Gasteiger partial charge in [0.25, 0.3) is 0 Å². The number of nitriles is 1. The summed E-state index contributed by atoms with van der Waals surface area (Å²) in [6, 6.07) is 4.17. The summed E-state index contributed by atoms with van der Waals surface area (Å²) in [5, 5.41) is 11.9. The van der Waals surface area contributed by atoms with Gasteiger partial charge >= 0.3 is 6.18 Å². The molecular formula is C15H17F3N4O. The van der Waals surface area contributed by atoms with Crippen LogP contribution in [-0.2, 0) is 11.0 Å². The van der Waals surface area contributed by atoms with Gasteiger partial charge in [0.1, 0.15) is 6.07 Å². The fourth-order valence-electron chi connectivity index (χ4n) is 2.51. The van der Waals surface area contributed by atoms with E-state index in [0.717, 1.165) is 12.1 Å². The summed E-state index contributed by atoms with van der Waals surface area (Å²) >= 11 is 0. The highest BCUT2D eigenvalue weighted by atomic mass is 19.4. The molecule has 5 nitrogen and oxygen atoms in total. The first kappa shape index (κ1) is 17.1. The van der Waals surface area contributed by atoms with E-state index in [2.05, 4.69) is 5.32 Å². The zero-order valence-electron chi connectivity index (χ0n) is 12.5. The van der Waals surface area contributed by atoms with E-state index < -0.39 is 17.8 Å². The molecule has 1 saturated heterocycles. The Morgan fingerprint density at radius 1 is 1.52 bits per heavy atom. The third kappa shape index (κ3) is 3.93. The van der Waals surface area contributed by atoms with Gasteiger partial charge in [-0.2, -0.15) is 18.4 Å². The number of hydrogen-bond acceptors (Lipinski definition) is 4. The Hall–Kier alpha value is -2.27. The van der Waals surface area contributed by atoms with Crippen LogP contribution in [0.15, 0.2) is 18.2 Å². The monoisotopic (exact) mass is 326 g/mol. The van der Waals surface area contributed by atoms with E-state index >= 15 is 0 Å². The van der Waals surface area contributed by atoms with Gasteiger partial charge < -0.3 is 16.0 Å². The molecule has 1 aliphatic heterocycles. The molecular weight excluding hydrogens is 309 g/mol. The van der Waals surface area contributed by atoms with Crippen molar-refractivity contribution < 1.29 is 18.0 Å². The number of rotatable bonds is 3. The zero-order chi connectivity index (χ0) is 17.2. The second kappa shape index (κ2) is 6.46. The predicted octanol–water partition coefficient (Wildman–Crippen LogP) is 1.62. The highest BCUT2D eigenvalue weighted by Crippen LogP contribution is 2.33. The highest BCUT2D eigenvalue weighted by molar-refractivity contribution is 5.81. The van der Waals surface area contributed by atoms with Crippen molar-refractivity contribution in [2.75, 3.05) is 18.0 Å². The van der Waals surface area contributed by atoms with E-state index in [1.54, 1.807) is 11.8 Å². The van der Waals surface area contributed by atoms with Gasteiger partial charge in [0, 0.05) is 19.1 Å². The average molecular weight is 326 g/mol. The third-order valence-corrected chi connectivity index (χ3v) is 3.73. The molecule has 0 aromatic heterocycles. The second-order valence-electron chi connectivity index (χ2n) is 5.57. The largest absolute Gasteiger partial charge is 0.416 e. The molecule has 3 N–H and O–H groups in total. The Morgan fingerprint density at radius 3 is 2.78 bits per heavy atom. The van der Waals surface area contributed by atoms with Crippen LogP contribution < -0.4 is 16.0 Å². The fourth-order valence-corrected chi connectivity index (χ4v) is 2.51. The minimum absolute atomic E-state index is 0.0287. The highest BCUT2D eigenvalue weighted by Gasteiger charge is 2.32. The average Bonchev–Trinajstić information content (AvgIpc) is 2.93. The summed E-state index contributed by atoms with van der Waals surface area (Å²) in [6.45, 7) is 2.55. The number of carbonyl (C=O) groups is 1. The van der Waals surface area contributed by atoms with Crippen LogP contribution in [-0.4, -0.2) is 31.1 Å². The number of nitrogens with zero attached hydrogens (tertiary/aromatic N) is 2. The summed E-state index contributed by atoms with van der Waals surface area (Å²) in [4.78, 5) is 13.4. The molecule has 1 aliphatic rings. The van der Waals surface area contributed by atoms with Gasteiger partial charge in [-0.3, -0.25) is 4.79 Å². The van der Waals surface area contributed by atoms with Crippen LogP contribution in [0.4, 0.5) is 18.9 Å². The smallest absolute Gasteiger partial charge is 0.368 e. The summed E-state index contributed by atoms with van der Waals surface area (Å²) in [5.41, 5.74) is 5.05. The molecule has 8 heteroatoms. The number of nitrogens with two attached hydrogens (primary N) is 1. The SMILES string of the molecule is CC(N)C(=O)NC1CCN(c2ccc(C(F)(F)F)cc2C#N)C1. The first-order chi connectivity index (χ1) is 10.7. The molecule has 2 rings (SSSR count). The lowest BCUT2D eigenvalue weighted by Gasteiger charge is -2.21. The van der Waals surface area contributed by atoms with E-state index in [1.165, 1.54) is 6.07 Å². The van der Waals surface area contributed by atoms with Crippen molar-refractivity contribution in [2.45, 2.75) is 31.6 Å². The Labute approximate surface area is 131 Å². The standard InChI is InChI=1S/C15H17F3N4O/c1-9(20)14(23)21-12-4-5-22(8-12)13-3-2-11(15(16,17)18)6-10(13)7-19/h2-3,6,9,12H,4-5,8,20H2,1H3,(H,21,23). The van der Waals surface area contributed by atoms with E-state index in [9.17, 15) is 18.0 Å². The van der Waals surface area contributed by atoms with Crippen LogP contribution in [0.2, 0.25) is 0 Å². The number of amides is 1. The van der Waals surface area contributed by atoms with Crippen molar-refractivity contribution in [3.05, 3.63) is 29.3 Å². The van der Waals surface area contributed by atoms with Gasteiger partial charge in [-0.25, -0.2) is 0 Å². The second-order valence-corrected chi connectivity index (χ2v) is 5.57. The van der Waals surface area contributed by atoms with Crippen molar-refractivity contribution in [2.24, 2.45) is 5.73 Å². The van der Waals surface area contributed by atoms with Crippen LogP contribution in [0.25, 0.3) is 0 Å². The minimum atomic E-state index is -4.48. The molecule has 1 aromatic carbocycles. The molecule has 0 aliphatic carbocycles. The minimum Gasteiger partial charge on any atom is -0.368 e. The topological polar surface area (TPSA) is 82.2 Å². The summed E-state index contributed by atoms with van der Waals surface area (Å²) in [7, 11) is 0. The van der Waals surface area contributed by atoms with Gasteiger partial charge in [0.2, 0.25) is 5.91 Å². The van der Waals surface area contributed by atoms with Crippen molar-refractivity contribution in [1.29, 1.82) is 5.26 Å². The van der Waals surface area contributed by atoms with Crippen LogP contribution >= 0.6 is 0 Å². The van der Waals surface area contributed by atoms with E-state index in [4.69, 9.17) is 11.0 Å². The van der Waals surface area contributed by atoms with Gasteiger partial charge in [-0.15, -0.1) is 0 Å². The van der Waals surface area contributed by atoms with Gasteiger partial charge in [-0.1, -0.05) is 0 Å². The lowest BCUT2D eigenvalue weighted by Crippen LogP contribution is -2.45. The maximum atomic E-state index is 12.7. The molecule has 1 amide bonds. The zero-order valence-corrected chi connectivity index (χ0v) is 12.5. The molecule has 124 valence electrons. The van der Waals surface area contributed by atoms with Crippen LogP contribution in [0.1, 0.15) is 24.5 Å².